The quantitative estimate of drug-likeness (QED) is 0.126. The molecule has 7 nitrogen and oxygen atoms in total. The van der Waals surface area contributed by atoms with E-state index < -0.39 is 17.1 Å². The first-order valence-corrected chi connectivity index (χ1v) is 14.4. The minimum atomic E-state index is -0.582. The summed E-state index contributed by atoms with van der Waals surface area (Å²) in [6.07, 6.45) is 1.43. The van der Waals surface area contributed by atoms with E-state index in [0.717, 1.165) is 4.90 Å². The van der Waals surface area contributed by atoms with E-state index in [-0.39, 0.29) is 11.6 Å². The lowest BCUT2D eigenvalue weighted by Gasteiger charge is -2.15. The summed E-state index contributed by atoms with van der Waals surface area (Å²) < 4.78 is 5.21. The van der Waals surface area contributed by atoms with E-state index >= 15 is 0 Å². The number of amides is 3. The first-order valence-electron chi connectivity index (χ1n) is 12.8. The van der Waals surface area contributed by atoms with Crippen LogP contribution < -0.4 is 20.7 Å². The summed E-state index contributed by atoms with van der Waals surface area (Å²) in [6, 6.07) is 27.7. The molecule has 4 aromatic carbocycles. The number of hydrogen-bond donors (Lipinski definition) is 3. The second-order valence-electron chi connectivity index (χ2n) is 8.98. The van der Waals surface area contributed by atoms with Crippen molar-refractivity contribution in [2.24, 2.45) is 0 Å². The molecule has 0 aliphatic carbocycles. The Bertz CT molecular complexity index is 1610. The molecule has 214 valence electrons. The van der Waals surface area contributed by atoms with E-state index in [1.54, 1.807) is 105 Å². The molecule has 0 saturated heterocycles. The summed E-state index contributed by atoms with van der Waals surface area (Å²) in [5, 5.41) is 8.58. The van der Waals surface area contributed by atoms with Gasteiger partial charge in [-0.15, -0.1) is 11.8 Å². The van der Waals surface area contributed by atoms with Crippen molar-refractivity contribution in [2.45, 2.75) is 17.1 Å². The lowest BCUT2D eigenvalue weighted by Crippen LogP contribution is -2.30. The Balaban J connectivity index is 1.50. The lowest BCUT2D eigenvalue weighted by molar-refractivity contribution is -0.115. The van der Waals surface area contributed by atoms with Gasteiger partial charge in [-0.1, -0.05) is 59.6 Å². The van der Waals surface area contributed by atoms with Crippen molar-refractivity contribution >= 4 is 70.1 Å². The standard InChI is InChI=1S/C32H27Cl2N3O4S/c1-20(30(38)35-22-11-6-13-24(17-22)41-2)42-25-14-7-12-23(18-25)36-32(40)29(19-26-27(33)15-8-16-28(26)34)37-31(39)21-9-4-3-5-10-21/h3-20H,1-2H3,(H,35,38)(H,36,40)(H,37,39)/b29-19+. The van der Waals surface area contributed by atoms with Crippen molar-refractivity contribution in [1.29, 1.82) is 0 Å². The molecule has 42 heavy (non-hydrogen) atoms. The maximum absolute atomic E-state index is 13.4. The Hall–Kier alpha value is -4.24. The van der Waals surface area contributed by atoms with Crippen molar-refractivity contribution in [3.8, 4) is 5.75 Å². The highest BCUT2D eigenvalue weighted by molar-refractivity contribution is 8.00. The molecule has 0 heterocycles. The van der Waals surface area contributed by atoms with Crippen LogP contribution in [0.3, 0.4) is 0 Å². The topological polar surface area (TPSA) is 96.5 Å². The molecule has 0 saturated carbocycles. The zero-order valence-electron chi connectivity index (χ0n) is 22.7. The van der Waals surface area contributed by atoms with Gasteiger partial charge in [-0.3, -0.25) is 14.4 Å². The molecule has 1 unspecified atom stereocenters. The van der Waals surface area contributed by atoms with Gasteiger partial charge in [0.1, 0.15) is 11.4 Å². The van der Waals surface area contributed by atoms with Crippen LogP contribution in [0.2, 0.25) is 10.0 Å². The van der Waals surface area contributed by atoms with Gasteiger partial charge in [0.05, 0.1) is 12.4 Å². The number of thioether (sulfide) groups is 1. The Morgan fingerprint density at radius 2 is 1.45 bits per heavy atom. The van der Waals surface area contributed by atoms with Crippen molar-refractivity contribution in [1.82, 2.24) is 5.32 Å². The summed E-state index contributed by atoms with van der Waals surface area (Å²) >= 11 is 14.0. The zero-order chi connectivity index (χ0) is 30.1. The van der Waals surface area contributed by atoms with Gasteiger partial charge in [0.15, 0.2) is 0 Å². The van der Waals surface area contributed by atoms with Crippen LogP contribution in [0.1, 0.15) is 22.8 Å². The first-order chi connectivity index (χ1) is 20.2. The molecular formula is C32H27Cl2N3O4S. The number of nitrogens with one attached hydrogen (secondary N) is 3. The monoisotopic (exact) mass is 619 g/mol. The molecule has 0 fully saturated rings. The van der Waals surface area contributed by atoms with Gasteiger partial charge in [0.2, 0.25) is 5.91 Å². The zero-order valence-corrected chi connectivity index (χ0v) is 25.0. The smallest absolute Gasteiger partial charge is 0.272 e. The summed E-state index contributed by atoms with van der Waals surface area (Å²) in [5.74, 6) is -0.600. The number of methoxy groups -OCH3 is 1. The third kappa shape index (κ3) is 8.39. The largest absolute Gasteiger partial charge is 0.497 e. The molecule has 10 heteroatoms. The molecule has 4 aromatic rings. The molecule has 0 aliphatic rings. The Labute approximate surface area is 258 Å². The number of benzene rings is 4. The number of rotatable bonds is 10. The fourth-order valence-electron chi connectivity index (χ4n) is 3.78. The summed E-state index contributed by atoms with van der Waals surface area (Å²) in [4.78, 5) is 39.9. The summed E-state index contributed by atoms with van der Waals surface area (Å²) in [7, 11) is 1.56. The van der Waals surface area contributed by atoms with Gasteiger partial charge in [-0.05, 0) is 67.6 Å². The van der Waals surface area contributed by atoms with Crippen LogP contribution in [0.4, 0.5) is 11.4 Å². The van der Waals surface area contributed by atoms with E-state index in [1.807, 2.05) is 6.07 Å². The molecular weight excluding hydrogens is 593 g/mol. The van der Waals surface area contributed by atoms with Crippen LogP contribution >= 0.6 is 35.0 Å². The van der Waals surface area contributed by atoms with Gasteiger partial charge in [0.25, 0.3) is 11.8 Å². The van der Waals surface area contributed by atoms with Crippen molar-refractivity contribution < 1.29 is 19.1 Å². The average molecular weight is 621 g/mol. The number of halogens is 2. The summed E-state index contributed by atoms with van der Waals surface area (Å²) in [5.41, 5.74) is 1.81. The van der Waals surface area contributed by atoms with Crippen LogP contribution in [0, 0.1) is 0 Å². The predicted molar refractivity (Wildman–Crippen MR) is 170 cm³/mol. The van der Waals surface area contributed by atoms with Gasteiger partial charge in [-0.25, -0.2) is 0 Å². The van der Waals surface area contributed by atoms with Gasteiger partial charge in [0, 0.05) is 43.5 Å². The first kappa shape index (κ1) is 30.7. The number of carbonyl (C=O) groups is 3. The molecule has 3 amide bonds. The molecule has 3 N–H and O–H groups in total. The second-order valence-corrected chi connectivity index (χ2v) is 11.2. The van der Waals surface area contributed by atoms with Crippen LogP contribution in [-0.2, 0) is 9.59 Å². The molecule has 1 atom stereocenters. The second kappa shape index (κ2) is 14.6. The SMILES string of the molecule is COc1cccc(NC(=O)C(C)Sc2cccc(NC(=O)/C(=C\c3c(Cl)cccc3Cl)NC(=O)c3ccccc3)c2)c1. The molecule has 0 radical (unpaired) electrons. The van der Waals surface area contributed by atoms with E-state index in [0.29, 0.717) is 38.3 Å². The van der Waals surface area contributed by atoms with Crippen molar-refractivity contribution in [3.05, 3.63) is 124 Å². The minimum absolute atomic E-state index is 0.0528. The lowest BCUT2D eigenvalue weighted by atomic mass is 10.1. The van der Waals surface area contributed by atoms with E-state index in [1.165, 1.54) is 17.8 Å². The number of carbonyl (C=O) groups excluding carboxylic acids is 3. The fourth-order valence-corrected chi connectivity index (χ4v) is 5.22. The maximum Gasteiger partial charge on any atom is 0.272 e. The highest BCUT2D eigenvalue weighted by Crippen LogP contribution is 2.29. The Kier molecular flexibility index (Phi) is 10.7. The Morgan fingerprint density at radius 1 is 0.810 bits per heavy atom. The number of hydrogen-bond acceptors (Lipinski definition) is 5. The third-order valence-electron chi connectivity index (χ3n) is 5.93. The van der Waals surface area contributed by atoms with Crippen molar-refractivity contribution in [3.63, 3.8) is 0 Å². The van der Waals surface area contributed by atoms with Crippen molar-refractivity contribution in [2.75, 3.05) is 17.7 Å². The van der Waals surface area contributed by atoms with Crippen LogP contribution in [0.15, 0.2) is 108 Å². The minimum Gasteiger partial charge on any atom is -0.497 e. The Morgan fingerprint density at radius 3 is 2.14 bits per heavy atom. The molecule has 0 aromatic heterocycles. The average Bonchev–Trinajstić information content (AvgIpc) is 2.99. The van der Waals surface area contributed by atoms with E-state index in [9.17, 15) is 14.4 Å². The van der Waals surface area contributed by atoms with E-state index in [4.69, 9.17) is 27.9 Å². The van der Waals surface area contributed by atoms with Crippen LogP contribution in [0.25, 0.3) is 6.08 Å². The van der Waals surface area contributed by atoms with Gasteiger partial charge < -0.3 is 20.7 Å². The molecule has 0 spiro atoms. The molecule has 0 bridgehead atoms. The summed E-state index contributed by atoms with van der Waals surface area (Å²) in [6.45, 7) is 1.79. The van der Waals surface area contributed by atoms with Gasteiger partial charge in [-0.2, -0.15) is 0 Å². The predicted octanol–water partition coefficient (Wildman–Crippen LogP) is 7.53. The maximum atomic E-state index is 13.4. The molecule has 4 rings (SSSR count). The van der Waals surface area contributed by atoms with Crippen LogP contribution in [-0.4, -0.2) is 30.1 Å². The van der Waals surface area contributed by atoms with E-state index in [2.05, 4.69) is 16.0 Å². The normalized spacial score (nSPS) is 11.8. The third-order valence-corrected chi connectivity index (χ3v) is 7.68. The number of ether oxygens (including phenoxy) is 1. The van der Waals surface area contributed by atoms with Gasteiger partial charge >= 0.3 is 0 Å². The molecule has 0 aliphatic heterocycles. The number of anilines is 2. The fraction of sp³-hybridized carbons (Fsp3) is 0.0938. The highest BCUT2D eigenvalue weighted by atomic mass is 35.5. The highest BCUT2D eigenvalue weighted by Gasteiger charge is 2.18. The van der Waals surface area contributed by atoms with Crippen LogP contribution in [0.5, 0.6) is 5.75 Å².